The number of nitro benzene ring substituents is 1. The van der Waals surface area contributed by atoms with E-state index in [-0.39, 0.29) is 5.69 Å². The molecule has 0 aliphatic carbocycles. The first-order valence-corrected chi connectivity index (χ1v) is 3.98. The molecular weight excluding hydrogens is 230 g/mol. The number of non-ortho nitro benzene ring substituents is 1. The number of rotatable bonds is 1. The lowest BCUT2D eigenvalue weighted by atomic mass is 10.3. The monoisotopic (exact) mass is 233 g/mol. The van der Waals surface area contributed by atoms with Gasteiger partial charge < -0.3 is 0 Å². The van der Waals surface area contributed by atoms with Crippen LogP contribution in [0.3, 0.4) is 0 Å². The minimum atomic E-state index is -0.452. The summed E-state index contributed by atoms with van der Waals surface area (Å²) in [6.07, 6.45) is 0. The Bertz CT molecular complexity index is 303. The molecule has 1 aromatic rings. The molecule has 0 aromatic heterocycles. The van der Waals surface area contributed by atoms with Gasteiger partial charge in [-0.15, -0.1) is 12.6 Å². The number of hydrogen-bond donors (Lipinski definition) is 1. The van der Waals surface area contributed by atoms with Gasteiger partial charge in [0.05, 0.1) is 4.92 Å². The minimum Gasteiger partial charge on any atom is -0.258 e. The van der Waals surface area contributed by atoms with Crippen LogP contribution in [0.15, 0.2) is 27.6 Å². The van der Waals surface area contributed by atoms with E-state index in [0.717, 1.165) is 4.47 Å². The Balaban J connectivity index is 3.15. The van der Waals surface area contributed by atoms with Crippen LogP contribution in [0.25, 0.3) is 0 Å². The fourth-order valence-electron chi connectivity index (χ4n) is 0.615. The van der Waals surface area contributed by atoms with Crippen molar-refractivity contribution in [1.82, 2.24) is 0 Å². The summed E-state index contributed by atoms with van der Waals surface area (Å²) in [5.74, 6) is 0. The highest BCUT2D eigenvalue weighted by molar-refractivity contribution is 9.10. The van der Waals surface area contributed by atoms with Gasteiger partial charge in [-0.05, 0) is 22.0 Å². The van der Waals surface area contributed by atoms with Crippen molar-refractivity contribution in [3.8, 4) is 0 Å². The molecule has 58 valence electrons. The number of benzene rings is 1. The van der Waals surface area contributed by atoms with E-state index in [0.29, 0.717) is 4.90 Å². The molecule has 0 amide bonds. The molecule has 1 aromatic carbocycles. The highest BCUT2D eigenvalue weighted by Crippen LogP contribution is 2.24. The van der Waals surface area contributed by atoms with Crippen molar-refractivity contribution < 1.29 is 4.92 Å². The van der Waals surface area contributed by atoms with Crippen molar-refractivity contribution in [3.05, 3.63) is 32.8 Å². The average Bonchev–Trinajstić information content (AvgIpc) is 1.94. The molecule has 11 heavy (non-hydrogen) atoms. The van der Waals surface area contributed by atoms with Gasteiger partial charge >= 0.3 is 0 Å². The summed E-state index contributed by atoms with van der Waals surface area (Å²) in [4.78, 5) is 10.3. The van der Waals surface area contributed by atoms with Crippen LogP contribution in [-0.4, -0.2) is 4.92 Å². The largest absolute Gasteiger partial charge is 0.270 e. The van der Waals surface area contributed by atoms with Crippen LogP contribution in [0.4, 0.5) is 5.69 Å². The third kappa shape index (κ3) is 1.94. The van der Waals surface area contributed by atoms with Gasteiger partial charge in [0, 0.05) is 21.5 Å². The smallest absolute Gasteiger partial charge is 0.258 e. The average molecular weight is 234 g/mol. The number of nitrogens with zero attached hydrogens (tertiary/aromatic N) is 1. The van der Waals surface area contributed by atoms with Gasteiger partial charge in [-0.2, -0.15) is 0 Å². The number of thiol groups is 1. The Morgan fingerprint density at radius 1 is 1.55 bits per heavy atom. The van der Waals surface area contributed by atoms with Crippen molar-refractivity contribution in [1.29, 1.82) is 0 Å². The molecule has 0 aliphatic rings. The summed E-state index contributed by atoms with van der Waals surface area (Å²) >= 11 is 7.19. The quantitative estimate of drug-likeness (QED) is 0.461. The maximum Gasteiger partial charge on any atom is 0.270 e. The molecule has 0 bridgehead atoms. The van der Waals surface area contributed by atoms with Gasteiger partial charge in [-0.1, -0.05) is 0 Å². The predicted octanol–water partition coefficient (Wildman–Crippen LogP) is 2.65. The van der Waals surface area contributed by atoms with E-state index in [4.69, 9.17) is 0 Å². The summed E-state index contributed by atoms with van der Waals surface area (Å²) in [5.41, 5.74) is 0.0539. The van der Waals surface area contributed by atoms with Gasteiger partial charge in [0.15, 0.2) is 0 Å². The van der Waals surface area contributed by atoms with Crippen LogP contribution >= 0.6 is 28.6 Å². The Morgan fingerprint density at radius 3 is 2.64 bits per heavy atom. The van der Waals surface area contributed by atoms with Gasteiger partial charge in [-0.3, -0.25) is 10.1 Å². The zero-order valence-corrected chi connectivity index (χ0v) is 7.80. The minimum absolute atomic E-state index is 0.0539. The van der Waals surface area contributed by atoms with E-state index >= 15 is 0 Å². The fraction of sp³-hybridized carbons (Fsp3) is 0. The molecule has 0 radical (unpaired) electrons. The summed E-state index contributed by atoms with van der Waals surface area (Å²) in [7, 11) is 0. The molecule has 0 aliphatic heterocycles. The maximum atomic E-state index is 10.2. The fourth-order valence-corrected chi connectivity index (χ4v) is 1.07. The summed E-state index contributed by atoms with van der Waals surface area (Å²) in [6.45, 7) is 0. The van der Waals surface area contributed by atoms with Crippen LogP contribution in [0, 0.1) is 10.1 Å². The lowest BCUT2D eigenvalue weighted by Gasteiger charge is -1.94. The summed E-state index contributed by atoms with van der Waals surface area (Å²) in [5, 5.41) is 10.2. The third-order valence-electron chi connectivity index (χ3n) is 1.14. The summed E-state index contributed by atoms with van der Waals surface area (Å²) < 4.78 is 0.756. The van der Waals surface area contributed by atoms with Crippen molar-refractivity contribution in [2.24, 2.45) is 0 Å². The van der Waals surface area contributed by atoms with Crippen LogP contribution in [0.2, 0.25) is 0 Å². The van der Waals surface area contributed by atoms with E-state index in [1.807, 2.05) is 0 Å². The van der Waals surface area contributed by atoms with Crippen molar-refractivity contribution in [3.63, 3.8) is 0 Å². The number of nitro groups is 1. The van der Waals surface area contributed by atoms with E-state index in [9.17, 15) is 10.1 Å². The Kier molecular flexibility index (Phi) is 2.51. The van der Waals surface area contributed by atoms with Gasteiger partial charge in [0.1, 0.15) is 0 Å². The second-order valence-electron chi connectivity index (χ2n) is 1.89. The molecule has 1 rings (SSSR count). The highest BCUT2D eigenvalue weighted by Gasteiger charge is 2.05. The SMILES string of the molecule is O=[N+]([O-])c1ccc(Br)c(S)c1. The first kappa shape index (κ1) is 8.55. The molecule has 0 unspecified atom stereocenters. The van der Waals surface area contributed by atoms with Gasteiger partial charge in [0.2, 0.25) is 0 Å². The van der Waals surface area contributed by atoms with Gasteiger partial charge in [0.25, 0.3) is 5.69 Å². The molecular formula is C6H4BrNO2S. The van der Waals surface area contributed by atoms with E-state index in [1.165, 1.54) is 12.1 Å². The van der Waals surface area contributed by atoms with Crippen LogP contribution in [0.5, 0.6) is 0 Å². The molecule has 0 spiro atoms. The lowest BCUT2D eigenvalue weighted by Crippen LogP contribution is -1.86. The van der Waals surface area contributed by atoms with E-state index in [2.05, 4.69) is 28.6 Å². The number of hydrogen-bond acceptors (Lipinski definition) is 3. The Hall–Kier alpha value is -0.550. The molecule has 0 saturated carbocycles. The predicted molar refractivity (Wildman–Crippen MR) is 48.0 cm³/mol. The molecule has 0 heterocycles. The third-order valence-corrected chi connectivity index (χ3v) is 2.51. The van der Waals surface area contributed by atoms with Crippen molar-refractivity contribution >= 4 is 34.2 Å². The zero-order chi connectivity index (χ0) is 8.43. The molecule has 3 nitrogen and oxygen atoms in total. The van der Waals surface area contributed by atoms with Crippen LogP contribution in [-0.2, 0) is 0 Å². The first-order chi connectivity index (χ1) is 5.11. The van der Waals surface area contributed by atoms with Crippen molar-refractivity contribution in [2.75, 3.05) is 0 Å². The Labute approximate surface area is 77.1 Å². The first-order valence-electron chi connectivity index (χ1n) is 2.74. The second-order valence-corrected chi connectivity index (χ2v) is 3.23. The highest BCUT2D eigenvalue weighted by atomic mass is 79.9. The molecule has 0 saturated heterocycles. The normalized spacial score (nSPS) is 9.64. The second kappa shape index (κ2) is 3.23. The van der Waals surface area contributed by atoms with Gasteiger partial charge in [-0.25, -0.2) is 0 Å². The standard InChI is InChI=1S/C6H4BrNO2S/c7-5-2-1-4(8(9)10)3-6(5)11/h1-3,11H. The molecule has 0 atom stereocenters. The lowest BCUT2D eigenvalue weighted by molar-refractivity contribution is -0.385. The number of halogens is 1. The summed E-state index contributed by atoms with van der Waals surface area (Å²) in [6, 6.07) is 4.41. The molecule has 0 N–H and O–H groups in total. The molecule has 0 fully saturated rings. The topological polar surface area (TPSA) is 43.1 Å². The molecule has 5 heteroatoms. The van der Waals surface area contributed by atoms with Crippen LogP contribution in [0.1, 0.15) is 0 Å². The Morgan fingerprint density at radius 2 is 2.18 bits per heavy atom. The zero-order valence-electron chi connectivity index (χ0n) is 5.32. The van der Waals surface area contributed by atoms with E-state index in [1.54, 1.807) is 6.07 Å². The van der Waals surface area contributed by atoms with Crippen molar-refractivity contribution in [2.45, 2.75) is 4.90 Å². The van der Waals surface area contributed by atoms with Crippen LogP contribution < -0.4 is 0 Å². The maximum absolute atomic E-state index is 10.2. The van der Waals surface area contributed by atoms with E-state index < -0.39 is 4.92 Å².